The summed E-state index contributed by atoms with van der Waals surface area (Å²) in [5, 5.41) is 13.2. The van der Waals surface area contributed by atoms with E-state index in [4.69, 9.17) is 9.31 Å². The Hall–Kier alpha value is -1.57. The van der Waals surface area contributed by atoms with Crippen LogP contribution in [-0.2, 0) is 15.9 Å². The summed E-state index contributed by atoms with van der Waals surface area (Å²) in [7, 11) is -0.362. The third-order valence-electron chi connectivity index (χ3n) is 6.92. The number of rotatable bonds is 4. The molecule has 2 atom stereocenters. The van der Waals surface area contributed by atoms with Gasteiger partial charge in [-0.15, -0.1) is 0 Å². The highest BCUT2D eigenvalue weighted by Gasteiger charge is 2.51. The van der Waals surface area contributed by atoms with Crippen LogP contribution in [0.2, 0.25) is 0 Å². The van der Waals surface area contributed by atoms with Gasteiger partial charge < -0.3 is 24.6 Å². The highest BCUT2D eigenvalue weighted by Crippen LogP contribution is 2.36. The standard InChI is InChI=1S/C23H37BN2O4/c1-21(2,3)19-14-18(11-12-26(19)20(27)28)25-15-16-9-8-10-17(13-16)24-29-22(4,5)23(6,7)30-24/h8-10,13,18-19,25H,11-12,14-15H2,1-7H3,(H,27,28). The predicted octanol–water partition coefficient (Wildman–Crippen LogP) is 3.63. The summed E-state index contributed by atoms with van der Waals surface area (Å²) in [5.74, 6) is 0. The smallest absolute Gasteiger partial charge is 0.465 e. The normalized spacial score (nSPS) is 26.1. The van der Waals surface area contributed by atoms with Gasteiger partial charge in [-0.25, -0.2) is 4.79 Å². The maximum absolute atomic E-state index is 11.6. The SMILES string of the molecule is CC(C)(C)C1CC(NCc2cccc(B3OC(C)(C)C(C)(C)O3)c2)CCN1C(=O)O. The first-order chi connectivity index (χ1) is 13.8. The molecule has 2 N–H and O–H groups in total. The second-order valence-corrected chi connectivity index (χ2v) is 10.8. The van der Waals surface area contributed by atoms with E-state index in [1.807, 2.05) is 12.1 Å². The Bertz CT molecular complexity index is 759. The maximum Gasteiger partial charge on any atom is 0.494 e. The van der Waals surface area contributed by atoms with Crippen LogP contribution in [0.1, 0.15) is 66.9 Å². The molecule has 0 spiro atoms. The van der Waals surface area contributed by atoms with Gasteiger partial charge in [-0.2, -0.15) is 0 Å². The zero-order chi connectivity index (χ0) is 22.3. The number of piperidine rings is 1. The number of hydrogen-bond acceptors (Lipinski definition) is 4. The summed E-state index contributed by atoms with van der Waals surface area (Å²) in [6.45, 7) is 15.9. The van der Waals surface area contributed by atoms with Crippen LogP contribution in [0.15, 0.2) is 24.3 Å². The van der Waals surface area contributed by atoms with Crippen molar-refractivity contribution in [2.24, 2.45) is 5.41 Å². The first kappa shape index (κ1) is 23.1. The molecule has 0 aromatic heterocycles. The topological polar surface area (TPSA) is 71.0 Å². The molecule has 0 bridgehead atoms. The van der Waals surface area contributed by atoms with Gasteiger partial charge in [0.2, 0.25) is 0 Å². The van der Waals surface area contributed by atoms with Crippen molar-refractivity contribution in [3.05, 3.63) is 29.8 Å². The van der Waals surface area contributed by atoms with Crippen molar-refractivity contribution in [1.82, 2.24) is 10.2 Å². The number of carbonyl (C=O) groups is 1. The summed E-state index contributed by atoms with van der Waals surface area (Å²) in [6.07, 6.45) is 0.839. The third-order valence-corrected chi connectivity index (χ3v) is 6.92. The van der Waals surface area contributed by atoms with Gasteiger partial charge in [0.15, 0.2) is 0 Å². The van der Waals surface area contributed by atoms with Crippen molar-refractivity contribution in [3.8, 4) is 0 Å². The lowest BCUT2D eigenvalue weighted by atomic mass is 9.78. The molecule has 2 aliphatic rings. The van der Waals surface area contributed by atoms with E-state index >= 15 is 0 Å². The van der Waals surface area contributed by atoms with Gasteiger partial charge in [-0.05, 0) is 57.0 Å². The Morgan fingerprint density at radius 3 is 2.43 bits per heavy atom. The minimum absolute atomic E-state index is 0.0114. The fourth-order valence-corrected chi connectivity index (χ4v) is 4.29. The minimum atomic E-state index is -0.816. The van der Waals surface area contributed by atoms with Gasteiger partial charge in [0.25, 0.3) is 0 Å². The number of nitrogens with zero attached hydrogens (tertiary/aromatic N) is 1. The van der Waals surface area contributed by atoms with Crippen molar-refractivity contribution < 1.29 is 19.2 Å². The third kappa shape index (κ3) is 4.84. The van der Waals surface area contributed by atoms with Crippen LogP contribution in [0.25, 0.3) is 0 Å². The molecule has 6 nitrogen and oxygen atoms in total. The second kappa shape index (κ2) is 8.17. The highest BCUT2D eigenvalue weighted by molar-refractivity contribution is 6.62. The lowest BCUT2D eigenvalue weighted by molar-refractivity contribution is 0.00578. The molecule has 7 heteroatoms. The molecule has 30 heavy (non-hydrogen) atoms. The number of hydrogen-bond donors (Lipinski definition) is 2. The van der Waals surface area contributed by atoms with Crippen molar-refractivity contribution in [1.29, 1.82) is 0 Å². The molecule has 0 radical (unpaired) electrons. The summed E-state index contributed by atoms with van der Waals surface area (Å²) in [6, 6.07) is 8.65. The molecule has 166 valence electrons. The number of benzene rings is 1. The maximum atomic E-state index is 11.6. The molecule has 2 aliphatic heterocycles. The van der Waals surface area contributed by atoms with E-state index in [9.17, 15) is 9.90 Å². The Morgan fingerprint density at radius 2 is 1.87 bits per heavy atom. The molecule has 1 aromatic rings. The van der Waals surface area contributed by atoms with Crippen LogP contribution < -0.4 is 10.8 Å². The number of nitrogens with one attached hydrogen (secondary N) is 1. The zero-order valence-corrected chi connectivity index (χ0v) is 19.5. The van der Waals surface area contributed by atoms with Crippen molar-refractivity contribution in [2.45, 2.75) is 91.1 Å². The van der Waals surface area contributed by atoms with Crippen LogP contribution in [0.5, 0.6) is 0 Å². The quantitative estimate of drug-likeness (QED) is 0.734. The van der Waals surface area contributed by atoms with E-state index < -0.39 is 6.09 Å². The number of likely N-dealkylation sites (tertiary alicyclic amines) is 1. The minimum Gasteiger partial charge on any atom is -0.465 e. The average Bonchev–Trinajstić information content (AvgIpc) is 2.87. The van der Waals surface area contributed by atoms with Gasteiger partial charge in [-0.1, -0.05) is 45.0 Å². The molecular weight excluding hydrogens is 379 g/mol. The summed E-state index contributed by atoms with van der Waals surface area (Å²) in [4.78, 5) is 13.2. The average molecular weight is 416 g/mol. The van der Waals surface area contributed by atoms with E-state index in [1.54, 1.807) is 4.90 Å². The molecule has 2 heterocycles. The van der Waals surface area contributed by atoms with Crippen LogP contribution in [-0.4, -0.2) is 53.0 Å². The van der Waals surface area contributed by atoms with Crippen molar-refractivity contribution in [3.63, 3.8) is 0 Å². The van der Waals surface area contributed by atoms with Crippen LogP contribution in [0, 0.1) is 5.41 Å². The first-order valence-corrected chi connectivity index (χ1v) is 11.0. The van der Waals surface area contributed by atoms with Gasteiger partial charge in [0.1, 0.15) is 0 Å². The van der Waals surface area contributed by atoms with E-state index in [1.165, 1.54) is 5.56 Å². The molecule has 2 unspecified atom stereocenters. The first-order valence-electron chi connectivity index (χ1n) is 11.0. The second-order valence-electron chi connectivity index (χ2n) is 10.8. The molecule has 1 amide bonds. The number of carboxylic acid groups (broad SMARTS) is 1. The molecular formula is C23H37BN2O4. The van der Waals surface area contributed by atoms with Crippen LogP contribution in [0.3, 0.4) is 0 Å². The van der Waals surface area contributed by atoms with Gasteiger partial charge >= 0.3 is 13.2 Å². The fraction of sp³-hybridized carbons (Fsp3) is 0.696. The van der Waals surface area contributed by atoms with E-state index in [-0.39, 0.29) is 29.8 Å². The lowest BCUT2D eigenvalue weighted by Crippen LogP contribution is -2.55. The molecule has 0 aliphatic carbocycles. The summed E-state index contributed by atoms with van der Waals surface area (Å²) >= 11 is 0. The van der Waals surface area contributed by atoms with E-state index in [2.05, 4.69) is 65.9 Å². The Kier molecular flexibility index (Phi) is 6.29. The molecule has 0 saturated carbocycles. The molecule has 3 rings (SSSR count). The van der Waals surface area contributed by atoms with E-state index in [0.29, 0.717) is 12.6 Å². The van der Waals surface area contributed by atoms with Gasteiger partial charge in [0.05, 0.1) is 11.2 Å². The molecule has 2 saturated heterocycles. The zero-order valence-electron chi connectivity index (χ0n) is 19.5. The molecule has 1 aromatic carbocycles. The largest absolute Gasteiger partial charge is 0.494 e. The summed E-state index contributed by atoms with van der Waals surface area (Å²) in [5.41, 5.74) is 1.41. The van der Waals surface area contributed by atoms with E-state index in [0.717, 1.165) is 24.8 Å². The monoisotopic (exact) mass is 416 g/mol. The Morgan fingerprint density at radius 1 is 1.23 bits per heavy atom. The fourth-order valence-electron chi connectivity index (χ4n) is 4.29. The van der Waals surface area contributed by atoms with Crippen LogP contribution >= 0.6 is 0 Å². The van der Waals surface area contributed by atoms with Gasteiger partial charge in [0, 0.05) is 25.2 Å². The predicted molar refractivity (Wildman–Crippen MR) is 120 cm³/mol. The van der Waals surface area contributed by atoms with Gasteiger partial charge in [-0.3, -0.25) is 0 Å². The number of amides is 1. The van der Waals surface area contributed by atoms with Crippen molar-refractivity contribution >= 4 is 18.7 Å². The Labute approximate surface area is 181 Å². The lowest BCUT2D eigenvalue weighted by Gasteiger charge is -2.44. The molecule has 2 fully saturated rings. The van der Waals surface area contributed by atoms with Crippen LogP contribution in [0.4, 0.5) is 4.79 Å². The highest BCUT2D eigenvalue weighted by atomic mass is 16.7. The summed E-state index contributed by atoms with van der Waals surface area (Å²) < 4.78 is 12.4. The Balaban J connectivity index is 1.63. The van der Waals surface area contributed by atoms with Crippen molar-refractivity contribution in [2.75, 3.05) is 6.54 Å².